The van der Waals surface area contributed by atoms with Gasteiger partial charge in [-0.2, -0.15) is 5.26 Å². The van der Waals surface area contributed by atoms with E-state index in [2.05, 4.69) is 15.6 Å². The van der Waals surface area contributed by atoms with E-state index in [-0.39, 0.29) is 0 Å². The molecule has 1 aromatic heterocycles. The van der Waals surface area contributed by atoms with Crippen LogP contribution in [0.15, 0.2) is 18.3 Å². The van der Waals surface area contributed by atoms with Crippen molar-refractivity contribution in [2.24, 2.45) is 0 Å². The molecule has 0 aromatic carbocycles. The Morgan fingerprint density at radius 1 is 1.50 bits per heavy atom. The number of carbonyl (C=O) groups is 1. The monoisotopic (exact) mass is 190 g/mol. The Morgan fingerprint density at radius 2 is 2.36 bits per heavy atom. The van der Waals surface area contributed by atoms with Crippen molar-refractivity contribution in [2.75, 3.05) is 18.4 Å². The second-order valence-electron chi connectivity index (χ2n) is 2.54. The lowest BCUT2D eigenvalue weighted by Crippen LogP contribution is -2.20. The number of hydrogen-bond donors (Lipinski definition) is 2. The predicted octanol–water partition coefficient (Wildman–Crippen LogP) is 0.111. The molecular formula is C9H10N4O. The molecule has 5 heteroatoms. The van der Waals surface area contributed by atoms with E-state index in [1.54, 1.807) is 12.1 Å². The average molecular weight is 190 g/mol. The van der Waals surface area contributed by atoms with Gasteiger partial charge in [0.2, 0.25) is 6.41 Å². The molecule has 1 amide bonds. The molecule has 1 aromatic rings. The highest BCUT2D eigenvalue weighted by Gasteiger charge is 1.93. The van der Waals surface area contributed by atoms with Gasteiger partial charge in [0.25, 0.3) is 0 Å². The van der Waals surface area contributed by atoms with Gasteiger partial charge in [-0.1, -0.05) is 0 Å². The first-order chi connectivity index (χ1) is 6.86. The van der Waals surface area contributed by atoms with Crippen LogP contribution in [0, 0.1) is 11.3 Å². The topological polar surface area (TPSA) is 77.8 Å². The fourth-order valence-corrected chi connectivity index (χ4v) is 0.886. The zero-order chi connectivity index (χ0) is 10.2. The molecule has 0 aliphatic rings. The minimum Gasteiger partial charge on any atom is -0.368 e. The maximum absolute atomic E-state index is 9.91. The van der Waals surface area contributed by atoms with Crippen LogP contribution < -0.4 is 10.6 Å². The molecule has 0 saturated heterocycles. The summed E-state index contributed by atoms with van der Waals surface area (Å²) in [6, 6.07) is 5.39. The molecule has 0 atom stereocenters. The van der Waals surface area contributed by atoms with E-state index in [0.717, 1.165) is 0 Å². The lowest BCUT2D eigenvalue weighted by atomic mass is 10.3. The summed E-state index contributed by atoms with van der Waals surface area (Å²) in [6.45, 7) is 1.16. The summed E-state index contributed by atoms with van der Waals surface area (Å²) in [5, 5.41) is 14.0. The van der Waals surface area contributed by atoms with Crippen LogP contribution in [-0.4, -0.2) is 24.5 Å². The van der Waals surface area contributed by atoms with Gasteiger partial charge in [-0.15, -0.1) is 0 Å². The highest BCUT2D eigenvalue weighted by molar-refractivity contribution is 5.46. The lowest BCUT2D eigenvalue weighted by molar-refractivity contribution is -0.109. The summed E-state index contributed by atoms with van der Waals surface area (Å²) >= 11 is 0. The minimum atomic E-state index is 0.529. The first-order valence-corrected chi connectivity index (χ1v) is 4.14. The minimum absolute atomic E-state index is 0.529. The Morgan fingerprint density at radius 3 is 2.93 bits per heavy atom. The van der Waals surface area contributed by atoms with E-state index in [4.69, 9.17) is 5.26 Å². The molecule has 0 saturated carbocycles. The van der Waals surface area contributed by atoms with Crippen LogP contribution in [0.1, 0.15) is 5.56 Å². The zero-order valence-electron chi connectivity index (χ0n) is 7.53. The van der Waals surface area contributed by atoms with Gasteiger partial charge in [-0.3, -0.25) is 4.79 Å². The van der Waals surface area contributed by atoms with Gasteiger partial charge >= 0.3 is 0 Å². The van der Waals surface area contributed by atoms with Gasteiger partial charge in [-0.25, -0.2) is 4.98 Å². The van der Waals surface area contributed by atoms with E-state index in [9.17, 15) is 4.79 Å². The van der Waals surface area contributed by atoms with E-state index >= 15 is 0 Å². The van der Waals surface area contributed by atoms with Crippen molar-refractivity contribution >= 4 is 12.2 Å². The maximum Gasteiger partial charge on any atom is 0.207 e. The third kappa shape index (κ3) is 3.11. The Hall–Kier alpha value is -2.09. The standard InChI is InChI=1S/C9H10N4O/c10-5-8-1-2-9(13-6-8)12-4-3-11-7-14/h1-2,6-7H,3-4H2,(H,11,14)(H,12,13). The summed E-state index contributed by atoms with van der Waals surface area (Å²) in [5.74, 6) is 0.691. The first-order valence-electron chi connectivity index (χ1n) is 4.14. The Bertz CT molecular complexity index is 328. The molecule has 0 aliphatic heterocycles. The van der Waals surface area contributed by atoms with Crippen molar-refractivity contribution in [3.05, 3.63) is 23.9 Å². The van der Waals surface area contributed by atoms with Crippen molar-refractivity contribution in [1.82, 2.24) is 10.3 Å². The normalized spacial score (nSPS) is 8.79. The number of nitrogens with one attached hydrogen (secondary N) is 2. The fourth-order valence-electron chi connectivity index (χ4n) is 0.886. The maximum atomic E-state index is 9.91. The lowest BCUT2D eigenvalue weighted by Gasteiger charge is -2.03. The third-order valence-corrected chi connectivity index (χ3v) is 1.55. The van der Waals surface area contributed by atoms with Crippen molar-refractivity contribution < 1.29 is 4.79 Å². The van der Waals surface area contributed by atoms with Crippen LogP contribution >= 0.6 is 0 Å². The van der Waals surface area contributed by atoms with E-state index < -0.39 is 0 Å². The third-order valence-electron chi connectivity index (χ3n) is 1.55. The number of aromatic nitrogens is 1. The summed E-state index contributed by atoms with van der Waals surface area (Å²) < 4.78 is 0. The molecule has 0 fully saturated rings. The highest BCUT2D eigenvalue weighted by Crippen LogP contribution is 2.02. The van der Waals surface area contributed by atoms with Crippen molar-refractivity contribution in [3.8, 4) is 6.07 Å². The van der Waals surface area contributed by atoms with Crippen molar-refractivity contribution in [2.45, 2.75) is 0 Å². The quantitative estimate of drug-likeness (QED) is 0.510. The molecule has 2 N–H and O–H groups in total. The zero-order valence-corrected chi connectivity index (χ0v) is 7.53. The van der Waals surface area contributed by atoms with E-state index in [1.807, 2.05) is 6.07 Å². The Balaban J connectivity index is 2.37. The number of amides is 1. The second kappa shape index (κ2) is 5.54. The molecule has 0 aliphatic carbocycles. The van der Waals surface area contributed by atoms with Crippen molar-refractivity contribution in [3.63, 3.8) is 0 Å². The smallest absolute Gasteiger partial charge is 0.207 e. The van der Waals surface area contributed by atoms with Crippen LogP contribution in [0.5, 0.6) is 0 Å². The summed E-state index contributed by atoms with van der Waals surface area (Å²) in [4.78, 5) is 13.9. The number of pyridine rings is 1. The van der Waals surface area contributed by atoms with Crippen LogP contribution in [0.2, 0.25) is 0 Å². The highest BCUT2D eigenvalue weighted by atomic mass is 16.1. The second-order valence-corrected chi connectivity index (χ2v) is 2.54. The molecule has 72 valence electrons. The number of anilines is 1. The summed E-state index contributed by atoms with van der Waals surface area (Å²) in [6.07, 6.45) is 2.14. The van der Waals surface area contributed by atoms with E-state index in [1.165, 1.54) is 6.20 Å². The molecule has 0 radical (unpaired) electrons. The number of hydrogen-bond acceptors (Lipinski definition) is 4. The molecular weight excluding hydrogens is 180 g/mol. The molecule has 14 heavy (non-hydrogen) atoms. The van der Waals surface area contributed by atoms with Crippen LogP contribution in [0.3, 0.4) is 0 Å². The van der Waals surface area contributed by atoms with E-state index in [0.29, 0.717) is 30.9 Å². The van der Waals surface area contributed by atoms with Gasteiger partial charge in [-0.05, 0) is 12.1 Å². The predicted molar refractivity (Wildman–Crippen MR) is 51.5 cm³/mol. The summed E-state index contributed by atoms with van der Waals surface area (Å²) in [5.41, 5.74) is 0.529. The molecule has 0 bridgehead atoms. The number of rotatable bonds is 5. The van der Waals surface area contributed by atoms with Gasteiger partial charge in [0.15, 0.2) is 0 Å². The van der Waals surface area contributed by atoms with Crippen LogP contribution in [0.25, 0.3) is 0 Å². The fraction of sp³-hybridized carbons (Fsp3) is 0.222. The van der Waals surface area contributed by atoms with Crippen LogP contribution in [-0.2, 0) is 4.79 Å². The van der Waals surface area contributed by atoms with Crippen LogP contribution in [0.4, 0.5) is 5.82 Å². The molecule has 1 heterocycles. The number of nitrogens with zero attached hydrogens (tertiary/aromatic N) is 2. The molecule has 5 nitrogen and oxygen atoms in total. The Kier molecular flexibility index (Phi) is 3.95. The Labute approximate surface area is 81.8 Å². The van der Waals surface area contributed by atoms with Gasteiger partial charge in [0.1, 0.15) is 11.9 Å². The van der Waals surface area contributed by atoms with Gasteiger partial charge in [0.05, 0.1) is 5.56 Å². The number of nitriles is 1. The molecule has 0 unspecified atom stereocenters. The van der Waals surface area contributed by atoms with Gasteiger partial charge < -0.3 is 10.6 Å². The van der Waals surface area contributed by atoms with Gasteiger partial charge in [0, 0.05) is 19.3 Å². The number of carbonyl (C=O) groups excluding carboxylic acids is 1. The van der Waals surface area contributed by atoms with Crippen molar-refractivity contribution in [1.29, 1.82) is 5.26 Å². The summed E-state index contributed by atoms with van der Waals surface area (Å²) in [7, 11) is 0. The SMILES string of the molecule is N#Cc1ccc(NCCNC=O)nc1. The largest absolute Gasteiger partial charge is 0.368 e. The average Bonchev–Trinajstić information content (AvgIpc) is 2.25. The first kappa shape index (κ1) is 9.99. The molecule has 0 spiro atoms. The molecule has 1 rings (SSSR count).